The van der Waals surface area contributed by atoms with Gasteiger partial charge in [0.15, 0.2) is 23.0 Å². The van der Waals surface area contributed by atoms with Gasteiger partial charge in [0.05, 0.1) is 39.5 Å². The summed E-state index contributed by atoms with van der Waals surface area (Å²) in [4.78, 5) is 13.4. The number of carbonyl (C=O) groups excluding carboxylic acids is 1. The lowest BCUT2D eigenvalue weighted by atomic mass is 9.55. The van der Waals surface area contributed by atoms with E-state index in [9.17, 15) is 15.0 Å². The number of esters is 1. The highest BCUT2D eigenvalue weighted by Gasteiger charge is 2.66. The van der Waals surface area contributed by atoms with Gasteiger partial charge in [-0.15, -0.1) is 0 Å². The van der Waals surface area contributed by atoms with Gasteiger partial charge in [0, 0.05) is 11.8 Å². The van der Waals surface area contributed by atoms with Crippen LogP contribution in [0.3, 0.4) is 0 Å². The number of ether oxygens (including phenoxy) is 6. The van der Waals surface area contributed by atoms with Crippen LogP contribution < -0.4 is 23.7 Å². The largest absolute Gasteiger partial charge is 0.493 e. The van der Waals surface area contributed by atoms with Crippen LogP contribution in [0.2, 0.25) is 0 Å². The number of cyclic esters (lactones) is 1. The highest BCUT2D eigenvalue weighted by molar-refractivity contribution is 7.99. The minimum atomic E-state index is -1.72. The normalized spacial score (nSPS) is 29.2. The molecule has 9 nitrogen and oxygen atoms in total. The summed E-state index contributed by atoms with van der Waals surface area (Å²) < 4.78 is 33.7. The van der Waals surface area contributed by atoms with E-state index in [1.165, 1.54) is 21.3 Å². The van der Waals surface area contributed by atoms with Crippen LogP contribution in [0.15, 0.2) is 24.3 Å². The highest BCUT2D eigenvalue weighted by Crippen LogP contribution is 2.61. The van der Waals surface area contributed by atoms with Crippen molar-refractivity contribution in [3.63, 3.8) is 0 Å². The Kier molecular flexibility index (Phi) is 5.89. The lowest BCUT2D eigenvalue weighted by Crippen LogP contribution is -2.62. The van der Waals surface area contributed by atoms with Gasteiger partial charge in [0.25, 0.3) is 0 Å². The molecule has 3 aliphatic heterocycles. The number of fused-ring (bicyclic) bond motifs is 3. The van der Waals surface area contributed by atoms with Crippen LogP contribution in [0.5, 0.6) is 28.7 Å². The Bertz CT molecular complexity index is 1220. The molecule has 2 saturated heterocycles. The van der Waals surface area contributed by atoms with Gasteiger partial charge in [-0.25, -0.2) is 0 Å². The first-order valence-electron chi connectivity index (χ1n) is 12.3. The van der Waals surface area contributed by atoms with Gasteiger partial charge in [-0.1, -0.05) is 0 Å². The third kappa shape index (κ3) is 3.42. The first-order chi connectivity index (χ1) is 17.9. The van der Waals surface area contributed by atoms with Gasteiger partial charge in [0.2, 0.25) is 12.5 Å². The fourth-order valence-electron chi connectivity index (χ4n) is 6.58. The van der Waals surface area contributed by atoms with Crippen molar-refractivity contribution in [3.8, 4) is 28.7 Å². The first-order valence-corrected chi connectivity index (χ1v) is 13.4. The van der Waals surface area contributed by atoms with Gasteiger partial charge in [-0.3, -0.25) is 4.79 Å². The molecule has 0 unspecified atom stereocenters. The van der Waals surface area contributed by atoms with E-state index in [0.717, 1.165) is 5.56 Å². The zero-order valence-corrected chi connectivity index (χ0v) is 21.8. The number of carbonyl (C=O) groups is 1. The fraction of sp³-hybridized carbons (Fsp3) is 0.519. The SMILES string of the molecule is COc1cc([C@@H]2c3cc4c(cc3[C@](O)(C3(O)CCSCC3)[C@H]3COC(=O)[C@H]23)OCO4)cc(OC)c1OC. The Labute approximate surface area is 218 Å². The van der Waals surface area contributed by atoms with Crippen LogP contribution in [-0.2, 0) is 15.1 Å². The van der Waals surface area contributed by atoms with E-state index in [0.29, 0.717) is 64.2 Å². The maximum atomic E-state index is 13.4. The molecule has 3 heterocycles. The van der Waals surface area contributed by atoms with Crippen molar-refractivity contribution in [2.45, 2.75) is 30.0 Å². The van der Waals surface area contributed by atoms with Crippen molar-refractivity contribution in [2.75, 3.05) is 46.2 Å². The molecule has 2 N–H and O–H groups in total. The second-order valence-electron chi connectivity index (χ2n) is 9.90. The molecule has 2 fully saturated rings. The summed E-state index contributed by atoms with van der Waals surface area (Å²) in [5.41, 5.74) is -1.22. The number of methoxy groups -OCH3 is 3. The van der Waals surface area contributed by atoms with Crippen molar-refractivity contribution in [2.24, 2.45) is 11.8 Å². The Morgan fingerprint density at radius 1 is 0.919 bits per heavy atom. The Balaban J connectivity index is 1.63. The first kappa shape index (κ1) is 24.5. The van der Waals surface area contributed by atoms with Crippen LogP contribution in [-0.4, -0.2) is 68.0 Å². The number of aliphatic hydroxyl groups is 2. The maximum absolute atomic E-state index is 13.4. The van der Waals surface area contributed by atoms with E-state index in [-0.39, 0.29) is 13.4 Å². The molecule has 10 heteroatoms. The van der Waals surface area contributed by atoms with E-state index >= 15 is 0 Å². The van der Waals surface area contributed by atoms with Gasteiger partial charge in [-0.05, 0) is 65.3 Å². The predicted octanol–water partition coefficient (Wildman–Crippen LogP) is 2.82. The smallest absolute Gasteiger partial charge is 0.310 e. The van der Waals surface area contributed by atoms with Crippen LogP contribution in [0.25, 0.3) is 0 Å². The van der Waals surface area contributed by atoms with Crippen molar-refractivity contribution < 1.29 is 43.4 Å². The van der Waals surface area contributed by atoms with Crippen molar-refractivity contribution in [1.82, 2.24) is 0 Å². The topological polar surface area (TPSA) is 113 Å². The molecule has 0 amide bonds. The van der Waals surface area contributed by atoms with E-state index in [2.05, 4.69) is 0 Å². The average Bonchev–Trinajstić information content (AvgIpc) is 3.54. The van der Waals surface area contributed by atoms with E-state index < -0.39 is 34.9 Å². The molecule has 198 valence electrons. The van der Waals surface area contributed by atoms with E-state index in [1.807, 2.05) is 18.2 Å². The fourth-order valence-corrected chi connectivity index (χ4v) is 7.75. The molecule has 2 aromatic carbocycles. The average molecular weight is 531 g/mol. The molecule has 6 rings (SSSR count). The van der Waals surface area contributed by atoms with Gasteiger partial charge >= 0.3 is 5.97 Å². The lowest BCUT2D eigenvalue weighted by Gasteiger charge is -2.54. The molecule has 37 heavy (non-hydrogen) atoms. The molecule has 4 aliphatic rings. The van der Waals surface area contributed by atoms with E-state index in [1.54, 1.807) is 17.8 Å². The zero-order chi connectivity index (χ0) is 25.9. The Hall–Kier alpha value is -2.82. The van der Waals surface area contributed by atoms with Crippen molar-refractivity contribution >= 4 is 17.7 Å². The third-order valence-corrected chi connectivity index (χ3v) is 9.36. The molecule has 0 radical (unpaired) electrons. The Morgan fingerprint density at radius 3 is 2.19 bits per heavy atom. The predicted molar refractivity (Wildman–Crippen MR) is 134 cm³/mol. The van der Waals surface area contributed by atoms with Crippen molar-refractivity contribution in [1.29, 1.82) is 0 Å². The number of rotatable bonds is 5. The minimum Gasteiger partial charge on any atom is -0.493 e. The van der Waals surface area contributed by atoms with Crippen LogP contribution in [0.4, 0.5) is 0 Å². The third-order valence-electron chi connectivity index (χ3n) is 8.37. The summed E-state index contributed by atoms with van der Waals surface area (Å²) in [5, 5.41) is 24.6. The molecule has 0 aromatic heterocycles. The second-order valence-corrected chi connectivity index (χ2v) is 11.1. The summed E-state index contributed by atoms with van der Waals surface area (Å²) in [6.07, 6.45) is 0.794. The highest BCUT2D eigenvalue weighted by atomic mass is 32.2. The molecular formula is C27H30O9S. The molecule has 0 bridgehead atoms. The van der Waals surface area contributed by atoms with E-state index in [4.69, 9.17) is 28.4 Å². The summed E-state index contributed by atoms with van der Waals surface area (Å²) in [6.45, 7) is 0.0611. The number of hydrogen-bond acceptors (Lipinski definition) is 10. The van der Waals surface area contributed by atoms with Crippen molar-refractivity contribution in [3.05, 3.63) is 41.0 Å². The van der Waals surface area contributed by atoms with Gasteiger partial charge in [-0.2, -0.15) is 11.8 Å². The molecule has 1 aliphatic carbocycles. The van der Waals surface area contributed by atoms with Crippen LogP contribution in [0, 0.1) is 11.8 Å². The standard InChI is InChI=1S/C27H30O9S/c1-31-20-8-14(9-21(32-2)24(20)33-3)22-15-10-18-19(36-13-35-18)11-16(15)27(30,17-12-34-25(28)23(17)22)26(29)4-6-37-7-5-26/h8-11,17,22-23,29-30H,4-7,12-13H2,1-3H3/t17-,22+,23-,27+/m0/s1. The summed E-state index contributed by atoms with van der Waals surface area (Å²) in [6, 6.07) is 7.22. The zero-order valence-electron chi connectivity index (χ0n) is 20.9. The maximum Gasteiger partial charge on any atom is 0.310 e. The summed E-state index contributed by atoms with van der Waals surface area (Å²) in [7, 11) is 4.61. The molecule has 0 saturated carbocycles. The molecule has 4 atom stereocenters. The molecule has 0 spiro atoms. The monoisotopic (exact) mass is 530 g/mol. The lowest BCUT2D eigenvalue weighted by molar-refractivity contribution is -0.204. The van der Waals surface area contributed by atoms with Gasteiger partial charge < -0.3 is 38.6 Å². The second kappa shape index (κ2) is 8.89. The molecule has 2 aromatic rings. The Morgan fingerprint density at radius 2 is 1.57 bits per heavy atom. The van der Waals surface area contributed by atoms with Gasteiger partial charge in [0.1, 0.15) is 5.60 Å². The summed E-state index contributed by atoms with van der Waals surface area (Å²) >= 11 is 1.74. The quantitative estimate of drug-likeness (QED) is 0.560. The summed E-state index contributed by atoms with van der Waals surface area (Å²) in [5.74, 6) is 1.40. The number of thioether (sulfide) groups is 1. The van der Waals surface area contributed by atoms with Crippen LogP contribution in [0.1, 0.15) is 35.4 Å². The minimum absolute atomic E-state index is 0.00423. The van der Waals surface area contributed by atoms with Crippen LogP contribution >= 0.6 is 11.8 Å². The number of benzene rings is 2. The number of hydrogen-bond donors (Lipinski definition) is 2. The molecular weight excluding hydrogens is 500 g/mol.